The average molecular weight is 151 g/mol. The van der Waals surface area contributed by atoms with Crippen LogP contribution in [0.1, 0.15) is 5.56 Å². The van der Waals surface area contributed by atoms with Crippen LogP contribution in [0.4, 0.5) is 5.69 Å². The first-order valence-electron chi connectivity index (χ1n) is 3.04. The Bertz CT molecular complexity index is 291. The summed E-state index contributed by atoms with van der Waals surface area (Å²) < 4.78 is 0. The van der Waals surface area contributed by atoms with Gasteiger partial charge in [-0.05, 0) is 18.2 Å². The molecule has 0 saturated carbocycles. The van der Waals surface area contributed by atoms with Gasteiger partial charge < -0.3 is 0 Å². The van der Waals surface area contributed by atoms with Crippen LogP contribution < -0.4 is 5.32 Å². The minimum Gasteiger partial charge on any atom is -0.256 e. The third kappa shape index (κ3) is 0.711. The zero-order chi connectivity index (χ0) is 6.97. The Morgan fingerprint density at radius 3 is 3.00 bits per heavy atom. The molecule has 1 aromatic rings. The molecule has 0 N–H and O–H groups in total. The van der Waals surface area contributed by atoms with Crippen molar-refractivity contribution in [2.45, 2.75) is 0 Å². The zero-order valence-electron chi connectivity index (χ0n) is 5.21. The molecule has 1 nitrogen and oxygen atoms in total. The van der Waals surface area contributed by atoms with Crippen molar-refractivity contribution >= 4 is 23.4 Å². The molecule has 0 bridgehead atoms. The van der Waals surface area contributed by atoms with E-state index in [9.17, 15) is 0 Å². The van der Waals surface area contributed by atoms with Crippen molar-refractivity contribution in [3.63, 3.8) is 0 Å². The highest BCUT2D eigenvalue weighted by Crippen LogP contribution is 2.29. The van der Waals surface area contributed by atoms with E-state index in [4.69, 9.17) is 11.6 Å². The molecule has 0 aliphatic carbocycles. The molecule has 2 rings (SSSR count). The summed E-state index contributed by atoms with van der Waals surface area (Å²) >= 11 is 5.86. The van der Waals surface area contributed by atoms with Crippen LogP contribution in [-0.2, 0) is 0 Å². The molecular formula is C8H5ClN. The maximum absolute atomic E-state index is 5.86. The van der Waals surface area contributed by atoms with E-state index in [0.29, 0.717) is 0 Å². The van der Waals surface area contributed by atoms with Crippen molar-refractivity contribution < 1.29 is 0 Å². The number of halogens is 1. The largest absolute Gasteiger partial charge is 0.256 e. The van der Waals surface area contributed by atoms with Crippen LogP contribution in [-0.4, -0.2) is 0 Å². The van der Waals surface area contributed by atoms with Crippen LogP contribution in [0, 0.1) is 0 Å². The topological polar surface area (TPSA) is 14.1 Å². The molecular weight excluding hydrogens is 146 g/mol. The highest BCUT2D eigenvalue weighted by Gasteiger charge is 2.07. The summed E-state index contributed by atoms with van der Waals surface area (Å²) in [7, 11) is 0. The first kappa shape index (κ1) is 5.81. The van der Waals surface area contributed by atoms with Crippen molar-refractivity contribution in [2.75, 3.05) is 0 Å². The van der Waals surface area contributed by atoms with E-state index in [1.54, 1.807) is 6.20 Å². The van der Waals surface area contributed by atoms with E-state index in [1.807, 2.05) is 24.3 Å². The van der Waals surface area contributed by atoms with E-state index in [0.717, 1.165) is 16.3 Å². The molecule has 2 heteroatoms. The molecule has 1 aliphatic heterocycles. The molecule has 1 aliphatic rings. The van der Waals surface area contributed by atoms with Crippen LogP contribution in [0.5, 0.6) is 0 Å². The van der Waals surface area contributed by atoms with Gasteiger partial charge in [0.2, 0.25) is 0 Å². The molecule has 49 valence electrons. The number of fused-ring (bicyclic) bond motifs is 1. The van der Waals surface area contributed by atoms with Gasteiger partial charge in [0.25, 0.3) is 0 Å². The van der Waals surface area contributed by atoms with E-state index >= 15 is 0 Å². The van der Waals surface area contributed by atoms with Gasteiger partial charge in [-0.1, -0.05) is 17.7 Å². The van der Waals surface area contributed by atoms with Gasteiger partial charge in [0.15, 0.2) is 0 Å². The van der Waals surface area contributed by atoms with E-state index in [2.05, 4.69) is 5.32 Å². The van der Waals surface area contributed by atoms with E-state index < -0.39 is 0 Å². The monoisotopic (exact) mass is 150 g/mol. The maximum Gasteiger partial charge on any atom is 0.0717 e. The number of rotatable bonds is 0. The Labute approximate surface area is 64.3 Å². The summed E-state index contributed by atoms with van der Waals surface area (Å²) in [6.07, 6.45) is 3.67. The lowest BCUT2D eigenvalue weighted by Crippen LogP contribution is -1.80. The predicted molar refractivity (Wildman–Crippen MR) is 42.3 cm³/mol. The standard InChI is InChI=1S/C8H5ClN/c9-7-2-1-3-8-6(7)4-5-10-8/h1-5H. The Morgan fingerprint density at radius 2 is 2.20 bits per heavy atom. The maximum atomic E-state index is 5.86. The number of hydrogen-bond donors (Lipinski definition) is 0. The Morgan fingerprint density at radius 1 is 1.30 bits per heavy atom. The highest BCUT2D eigenvalue weighted by molar-refractivity contribution is 6.32. The van der Waals surface area contributed by atoms with Crippen LogP contribution in [0.15, 0.2) is 24.4 Å². The van der Waals surface area contributed by atoms with Crippen molar-refractivity contribution in [1.82, 2.24) is 5.32 Å². The summed E-state index contributed by atoms with van der Waals surface area (Å²) in [5.41, 5.74) is 2.00. The third-order valence-corrected chi connectivity index (χ3v) is 1.81. The smallest absolute Gasteiger partial charge is 0.0717 e. The molecule has 1 heterocycles. The molecule has 0 aromatic heterocycles. The molecule has 0 unspecified atom stereocenters. The van der Waals surface area contributed by atoms with Crippen LogP contribution >= 0.6 is 11.6 Å². The Kier molecular flexibility index (Phi) is 1.18. The average Bonchev–Trinajstić information content (AvgIpc) is 2.36. The first-order valence-corrected chi connectivity index (χ1v) is 3.41. The first-order chi connectivity index (χ1) is 4.88. The molecule has 10 heavy (non-hydrogen) atoms. The number of benzene rings is 1. The fourth-order valence-corrected chi connectivity index (χ4v) is 1.23. The minimum absolute atomic E-state index is 0.773. The molecule has 0 amide bonds. The Balaban J connectivity index is 2.67. The van der Waals surface area contributed by atoms with Crippen LogP contribution in [0.25, 0.3) is 6.08 Å². The van der Waals surface area contributed by atoms with Gasteiger partial charge in [-0.25, -0.2) is 0 Å². The summed E-state index contributed by atoms with van der Waals surface area (Å²) in [5.74, 6) is 0. The second kappa shape index (κ2) is 2.03. The second-order valence-corrected chi connectivity index (χ2v) is 2.52. The lowest BCUT2D eigenvalue weighted by Gasteiger charge is -1.97. The summed E-state index contributed by atoms with van der Waals surface area (Å²) in [6.45, 7) is 0. The Hall–Kier alpha value is -0.950. The molecule has 0 atom stereocenters. The summed E-state index contributed by atoms with van der Waals surface area (Å²) in [4.78, 5) is 0. The van der Waals surface area contributed by atoms with Gasteiger partial charge in [-0.2, -0.15) is 0 Å². The van der Waals surface area contributed by atoms with Gasteiger partial charge in [0.1, 0.15) is 0 Å². The van der Waals surface area contributed by atoms with Crippen LogP contribution in [0.2, 0.25) is 5.02 Å². The van der Waals surface area contributed by atoms with Crippen molar-refractivity contribution in [3.05, 3.63) is 35.0 Å². The van der Waals surface area contributed by atoms with Gasteiger partial charge >= 0.3 is 0 Å². The number of nitrogens with zero attached hydrogens (tertiary/aromatic N) is 1. The lowest BCUT2D eigenvalue weighted by atomic mass is 10.2. The van der Waals surface area contributed by atoms with Gasteiger partial charge in [0, 0.05) is 11.8 Å². The molecule has 0 spiro atoms. The van der Waals surface area contributed by atoms with Crippen LogP contribution in [0.3, 0.4) is 0 Å². The van der Waals surface area contributed by atoms with E-state index in [1.165, 1.54) is 0 Å². The second-order valence-electron chi connectivity index (χ2n) is 2.12. The van der Waals surface area contributed by atoms with Gasteiger partial charge in [-0.15, -0.1) is 0 Å². The fraction of sp³-hybridized carbons (Fsp3) is 0. The van der Waals surface area contributed by atoms with E-state index in [-0.39, 0.29) is 0 Å². The predicted octanol–water partition coefficient (Wildman–Crippen LogP) is 2.56. The van der Waals surface area contributed by atoms with Crippen molar-refractivity contribution in [1.29, 1.82) is 0 Å². The minimum atomic E-state index is 0.773. The highest BCUT2D eigenvalue weighted by atomic mass is 35.5. The quantitative estimate of drug-likeness (QED) is 0.540. The fourth-order valence-electron chi connectivity index (χ4n) is 0.995. The molecule has 0 fully saturated rings. The summed E-state index contributed by atoms with van der Waals surface area (Å²) in [5, 5.41) is 4.87. The zero-order valence-corrected chi connectivity index (χ0v) is 5.97. The lowest BCUT2D eigenvalue weighted by molar-refractivity contribution is 1.22. The number of hydrogen-bond acceptors (Lipinski definition) is 0. The molecule has 0 saturated heterocycles. The SMILES string of the molecule is Clc1cccc2c1C=C[N]2. The molecule has 1 radical (unpaired) electrons. The van der Waals surface area contributed by atoms with Gasteiger partial charge in [0.05, 0.1) is 10.7 Å². The third-order valence-electron chi connectivity index (χ3n) is 1.48. The summed E-state index contributed by atoms with van der Waals surface area (Å²) in [6, 6.07) is 5.71. The van der Waals surface area contributed by atoms with Gasteiger partial charge in [-0.3, -0.25) is 5.32 Å². The van der Waals surface area contributed by atoms with Crippen molar-refractivity contribution in [3.8, 4) is 0 Å². The normalized spacial score (nSPS) is 12.9. The van der Waals surface area contributed by atoms with Crippen molar-refractivity contribution in [2.24, 2.45) is 0 Å². The molecule has 1 aromatic carbocycles.